The van der Waals surface area contributed by atoms with E-state index in [2.05, 4.69) is 22.3 Å². The van der Waals surface area contributed by atoms with Crippen molar-refractivity contribution in [1.29, 1.82) is 0 Å². The Kier molecular flexibility index (Phi) is 4.86. The minimum absolute atomic E-state index is 0.146. The zero-order valence-electron chi connectivity index (χ0n) is 11.5. The van der Waals surface area contributed by atoms with E-state index in [-0.39, 0.29) is 11.2 Å². The van der Waals surface area contributed by atoms with E-state index in [0.29, 0.717) is 6.42 Å². The molecule has 0 saturated carbocycles. The molecule has 1 heterocycles. The van der Waals surface area contributed by atoms with E-state index in [0.717, 1.165) is 28.4 Å². The van der Waals surface area contributed by atoms with Crippen LogP contribution in [-0.2, 0) is 4.79 Å². The van der Waals surface area contributed by atoms with Crippen LogP contribution in [0.3, 0.4) is 0 Å². The number of benzene rings is 1. The first kappa shape index (κ1) is 14.7. The summed E-state index contributed by atoms with van der Waals surface area (Å²) in [6.45, 7) is 2.06. The van der Waals surface area contributed by atoms with Crippen LogP contribution in [0.1, 0.15) is 19.8 Å². The fraction of sp³-hybridized carbons (Fsp3) is 0.385. The maximum Gasteiger partial charge on any atom is 0.233 e. The number of hydrazine groups is 1. The summed E-state index contributed by atoms with van der Waals surface area (Å²) >= 11 is 1.61. The number of imidazole rings is 1. The summed E-state index contributed by atoms with van der Waals surface area (Å²) in [5, 5.41) is 1.11. The second kappa shape index (κ2) is 6.62. The number of fused-ring (bicyclic) bond motifs is 1. The first-order valence-electron chi connectivity index (χ1n) is 6.32. The van der Waals surface area contributed by atoms with Gasteiger partial charge < -0.3 is 9.72 Å². The number of aromatic amines is 1. The third-order valence-corrected chi connectivity index (χ3v) is 3.97. The Morgan fingerprint density at radius 3 is 3.10 bits per heavy atom. The van der Waals surface area contributed by atoms with Crippen LogP contribution in [0.15, 0.2) is 23.4 Å². The molecule has 0 bridgehead atoms. The normalized spacial score (nSPS) is 12.3. The van der Waals surface area contributed by atoms with E-state index in [1.807, 2.05) is 18.2 Å². The first-order chi connectivity index (χ1) is 9.62. The van der Waals surface area contributed by atoms with Crippen LogP contribution in [-0.4, -0.2) is 28.2 Å². The topological polar surface area (TPSA) is 93.0 Å². The Morgan fingerprint density at radius 2 is 2.40 bits per heavy atom. The molecule has 0 aliphatic carbocycles. The van der Waals surface area contributed by atoms with Gasteiger partial charge in [0, 0.05) is 17.7 Å². The van der Waals surface area contributed by atoms with Gasteiger partial charge in [0.25, 0.3) is 0 Å². The smallest absolute Gasteiger partial charge is 0.233 e. The van der Waals surface area contributed by atoms with Crippen LogP contribution in [0.2, 0.25) is 0 Å². The number of thioether (sulfide) groups is 1. The molecule has 0 fully saturated rings. The van der Waals surface area contributed by atoms with Gasteiger partial charge in [0.05, 0.1) is 18.1 Å². The number of carbonyl (C=O) groups excluding carboxylic acids is 1. The lowest BCUT2D eigenvalue weighted by molar-refractivity contribution is -0.121. The van der Waals surface area contributed by atoms with Crippen LogP contribution in [0.25, 0.3) is 11.0 Å². The molecule has 0 spiro atoms. The molecule has 1 aromatic carbocycles. The molecule has 0 radical (unpaired) electrons. The van der Waals surface area contributed by atoms with Crippen molar-refractivity contribution in [2.24, 2.45) is 5.84 Å². The lowest BCUT2D eigenvalue weighted by Gasteiger charge is -2.07. The van der Waals surface area contributed by atoms with Gasteiger partial charge in [-0.05, 0) is 18.6 Å². The van der Waals surface area contributed by atoms with E-state index in [1.165, 1.54) is 0 Å². The van der Waals surface area contributed by atoms with Crippen molar-refractivity contribution in [3.05, 3.63) is 18.2 Å². The highest BCUT2D eigenvalue weighted by atomic mass is 32.2. The minimum atomic E-state index is -0.146. The van der Waals surface area contributed by atoms with Crippen molar-refractivity contribution in [3.8, 4) is 5.75 Å². The highest BCUT2D eigenvalue weighted by molar-refractivity contribution is 7.99. The van der Waals surface area contributed by atoms with E-state index in [4.69, 9.17) is 10.6 Å². The maximum absolute atomic E-state index is 11.1. The highest BCUT2D eigenvalue weighted by Crippen LogP contribution is 2.27. The molecule has 0 aliphatic heterocycles. The van der Waals surface area contributed by atoms with Gasteiger partial charge in [0.2, 0.25) is 5.91 Å². The molecular formula is C13H18N4O2S. The van der Waals surface area contributed by atoms with Crippen LogP contribution in [0, 0.1) is 0 Å². The van der Waals surface area contributed by atoms with Gasteiger partial charge in [-0.25, -0.2) is 10.8 Å². The Bertz CT molecular complexity index is 599. The predicted molar refractivity (Wildman–Crippen MR) is 79.5 cm³/mol. The van der Waals surface area contributed by atoms with Crippen LogP contribution in [0.5, 0.6) is 5.75 Å². The fourth-order valence-electron chi connectivity index (χ4n) is 1.80. The largest absolute Gasteiger partial charge is 0.497 e. The lowest BCUT2D eigenvalue weighted by atomic mass is 10.2. The van der Waals surface area contributed by atoms with E-state index < -0.39 is 0 Å². The van der Waals surface area contributed by atoms with Gasteiger partial charge in [-0.3, -0.25) is 10.2 Å². The number of rotatable bonds is 6. The van der Waals surface area contributed by atoms with E-state index in [9.17, 15) is 4.79 Å². The van der Waals surface area contributed by atoms with E-state index >= 15 is 0 Å². The Morgan fingerprint density at radius 1 is 1.60 bits per heavy atom. The van der Waals surface area contributed by atoms with Crippen molar-refractivity contribution < 1.29 is 9.53 Å². The quantitative estimate of drug-likeness (QED) is 0.327. The zero-order chi connectivity index (χ0) is 14.5. The van der Waals surface area contributed by atoms with Gasteiger partial charge in [-0.15, -0.1) is 0 Å². The molecule has 7 heteroatoms. The molecule has 0 aliphatic rings. The standard InChI is InChI=1S/C13H18N4O2S/c1-8(3-6-12(18)17-14)20-13-15-10-5-4-9(19-2)7-11(10)16-13/h4-5,7-8H,3,6,14H2,1-2H3,(H,15,16)(H,17,18). The zero-order valence-corrected chi connectivity index (χ0v) is 12.3. The second-order valence-corrected chi connectivity index (χ2v) is 5.89. The SMILES string of the molecule is COc1ccc2nc(SC(C)CCC(=O)NN)[nH]c2c1. The summed E-state index contributed by atoms with van der Waals surface area (Å²) in [4.78, 5) is 18.8. The molecule has 6 nitrogen and oxygen atoms in total. The van der Waals surface area contributed by atoms with Crippen molar-refractivity contribution in [2.75, 3.05) is 7.11 Å². The minimum Gasteiger partial charge on any atom is -0.497 e. The van der Waals surface area contributed by atoms with Crippen molar-refractivity contribution in [3.63, 3.8) is 0 Å². The van der Waals surface area contributed by atoms with Crippen molar-refractivity contribution in [2.45, 2.75) is 30.2 Å². The summed E-state index contributed by atoms with van der Waals surface area (Å²) < 4.78 is 5.18. The average molecular weight is 294 g/mol. The molecule has 1 unspecified atom stereocenters. The molecule has 108 valence electrons. The Balaban J connectivity index is 2.00. The summed E-state index contributed by atoms with van der Waals surface area (Å²) in [6, 6.07) is 5.72. The Hall–Kier alpha value is -1.73. The number of aromatic nitrogens is 2. The van der Waals surface area contributed by atoms with E-state index in [1.54, 1.807) is 18.9 Å². The number of nitrogens with two attached hydrogens (primary N) is 1. The molecular weight excluding hydrogens is 276 g/mol. The van der Waals surface area contributed by atoms with Gasteiger partial charge in [0.15, 0.2) is 5.16 Å². The number of carbonyl (C=O) groups is 1. The van der Waals surface area contributed by atoms with Gasteiger partial charge >= 0.3 is 0 Å². The molecule has 1 amide bonds. The molecule has 0 saturated heterocycles. The summed E-state index contributed by atoms with van der Waals surface area (Å²) in [5.74, 6) is 5.70. The maximum atomic E-state index is 11.1. The third kappa shape index (κ3) is 3.64. The van der Waals surface area contributed by atoms with Crippen molar-refractivity contribution >= 4 is 28.7 Å². The molecule has 1 atom stereocenters. The molecule has 2 aromatic rings. The number of H-pyrrole nitrogens is 1. The average Bonchev–Trinajstić information content (AvgIpc) is 2.85. The number of methoxy groups -OCH3 is 1. The Labute approximate surface area is 121 Å². The second-order valence-electron chi connectivity index (χ2n) is 4.46. The number of hydrogen-bond donors (Lipinski definition) is 3. The van der Waals surface area contributed by atoms with Gasteiger partial charge in [0.1, 0.15) is 5.75 Å². The summed E-state index contributed by atoms with van der Waals surface area (Å²) in [5.41, 5.74) is 3.98. The number of hydrogen-bond acceptors (Lipinski definition) is 5. The summed E-state index contributed by atoms with van der Waals surface area (Å²) in [7, 11) is 1.64. The predicted octanol–water partition coefficient (Wildman–Crippen LogP) is 1.82. The molecule has 1 aromatic heterocycles. The fourth-order valence-corrected chi connectivity index (χ4v) is 2.74. The van der Waals surface area contributed by atoms with Gasteiger partial charge in [-0.1, -0.05) is 18.7 Å². The molecule has 20 heavy (non-hydrogen) atoms. The number of amides is 1. The van der Waals surface area contributed by atoms with Crippen LogP contribution in [0.4, 0.5) is 0 Å². The summed E-state index contributed by atoms with van der Waals surface area (Å²) in [6.07, 6.45) is 1.16. The number of ether oxygens (including phenoxy) is 1. The first-order valence-corrected chi connectivity index (χ1v) is 7.20. The van der Waals surface area contributed by atoms with Crippen LogP contribution < -0.4 is 16.0 Å². The van der Waals surface area contributed by atoms with Crippen molar-refractivity contribution in [1.82, 2.24) is 15.4 Å². The van der Waals surface area contributed by atoms with Gasteiger partial charge in [-0.2, -0.15) is 0 Å². The lowest BCUT2D eigenvalue weighted by Crippen LogP contribution is -2.30. The number of nitrogens with one attached hydrogen (secondary N) is 2. The highest BCUT2D eigenvalue weighted by Gasteiger charge is 2.11. The van der Waals surface area contributed by atoms with Crippen LogP contribution >= 0.6 is 11.8 Å². The number of nitrogens with zero attached hydrogens (tertiary/aromatic N) is 1. The third-order valence-electron chi connectivity index (χ3n) is 2.92. The monoisotopic (exact) mass is 294 g/mol. The molecule has 4 N–H and O–H groups in total. The molecule has 2 rings (SSSR count).